The lowest BCUT2D eigenvalue weighted by molar-refractivity contribution is 0.615. The molecule has 0 aliphatic heterocycles. The molecule has 0 bridgehead atoms. The van der Waals surface area contributed by atoms with Crippen LogP contribution in [0.3, 0.4) is 0 Å². The molecule has 0 N–H and O–H groups in total. The van der Waals surface area contributed by atoms with Gasteiger partial charge >= 0.3 is 0 Å². The number of furan rings is 1. The molecule has 0 saturated carbocycles. The summed E-state index contributed by atoms with van der Waals surface area (Å²) in [6.07, 6.45) is 5.38. The normalized spacial score (nSPS) is 11.0. The Balaban J connectivity index is 2.18. The number of nitrogens with zero attached hydrogens (tertiary/aromatic N) is 3. The van der Waals surface area contributed by atoms with Gasteiger partial charge in [-0.05, 0) is 12.1 Å². The van der Waals surface area contributed by atoms with Crippen molar-refractivity contribution in [3.05, 3.63) is 36.9 Å². The summed E-state index contributed by atoms with van der Waals surface area (Å²) in [7, 11) is 1.89. The van der Waals surface area contributed by atoms with Crippen LogP contribution in [0.4, 0.5) is 0 Å². The van der Waals surface area contributed by atoms with Gasteiger partial charge in [-0.25, -0.2) is 4.98 Å². The summed E-state index contributed by atoms with van der Waals surface area (Å²) in [6, 6.07) is 5.71. The van der Waals surface area contributed by atoms with Crippen molar-refractivity contribution in [2.75, 3.05) is 0 Å². The van der Waals surface area contributed by atoms with Crippen molar-refractivity contribution in [2.24, 2.45) is 7.05 Å². The first-order valence-corrected chi connectivity index (χ1v) is 4.66. The number of aryl methyl sites for hydroxylation is 1. The van der Waals surface area contributed by atoms with Gasteiger partial charge in [0.15, 0.2) is 5.58 Å². The molecule has 3 heterocycles. The molecule has 3 rings (SSSR count). The maximum Gasteiger partial charge on any atom is 0.152 e. The minimum atomic E-state index is 0.808. The lowest BCUT2D eigenvalue weighted by Crippen LogP contribution is -1.84. The van der Waals surface area contributed by atoms with E-state index in [9.17, 15) is 0 Å². The van der Waals surface area contributed by atoms with Crippen LogP contribution in [0.1, 0.15) is 0 Å². The third-order valence-electron chi connectivity index (χ3n) is 2.31. The predicted molar refractivity (Wildman–Crippen MR) is 56.2 cm³/mol. The third-order valence-corrected chi connectivity index (χ3v) is 2.31. The SMILES string of the molecule is Cn1cc(-c2ccc3occc3n2)cn1. The molecule has 4 heteroatoms. The van der Waals surface area contributed by atoms with E-state index in [1.165, 1.54) is 0 Å². The number of rotatable bonds is 1. The Morgan fingerprint density at radius 2 is 2.20 bits per heavy atom. The summed E-state index contributed by atoms with van der Waals surface area (Å²) < 4.78 is 6.99. The number of hydrogen-bond donors (Lipinski definition) is 0. The van der Waals surface area contributed by atoms with Gasteiger partial charge in [-0.1, -0.05) is 0 Å². The van der Waals surface area contributed by atoms with Gasteiger partial charge in [-0.15, -0.1) is 0 Å². The van der Waals surface area contributed by atoms with Gasteiger partial charge in [-0.3, -0.25) is 4.68 Å². The van der Waals surface area contributed by atoms with Crippen molar-refractivity contribution in [3.63, 3.8) is 0 Å². The summed E-state index contributed by atoms with van der Waals surface area (Å²) in [5, 5.41) is 4.11. The van der Waals surface area contributed by atoms with Crippen LogP contribution in [0.2, 0.25) is 0 Å². The average Bonchev–Trinajstić information content (AvgIpc) is 2.84. The molecule has 4 nitrogen and oxygen atoms in total. The highest BCUT2D eigenvalue weighted by Crippen LogP contribution is 2.20. The third kappa shape index (κ3) is 1.30. The molecule has 0 fully saturated rings. The topological polar surface area (TPSA) is 43.9 Å². The van der Waals surface area contributed by atoms with Crippen molar-refractivity contribution < 1.29 is 4.42 Å². The first-order chi connectivity index (χ1) is 7.33. The Morgan fingerprint density at radius 3 is 3.00 bits per heavy atom. The minimum absolute atomic E-state index is 0.808. The molecule has 0 radical (unpaired) electrons. The average molecular weight is 199 g/mol. The summed E-state index contributed by atoms with van der Waals surface area (Å²) in [4.78, 5) is 4.47. The number of hydrogen-bond acceptors (Lipinski definition) is 3. The van der Waals surface area contributed by atoms with Crippen LogP contribution in [0.15, 0.2) is 41.3 Å². The summed E-state index contributed by atoms with van der Waals surface area (Å²) in [5.74, 6) is 0. The molecule has 0 unspecified atom stereocenters. The van der Waals surface area contributed by atoms with Crippen LogP contribution in [0.5, 0.6) is 0 Å². The molecular formula is C11H9N3O. The van der Waals surface area contributed by atoms with E-state index in [0.717, 1.165) is 22.4 Å². The number of fused-ring (bicyclic) bond motifs is 1. The quantitative estimate of drug-likeness (QED) is 0.603. The van der Waals surface area contributed by atoms with Gasteiger partial charge in [0.05, 0.1) is 18.2 Å². The summed E-state index contributed by atoms with van der Waals surface area (Å²) in [5.41, 5.74) is 3.61. The lowest BCUT2D eigenvalue weighted by Gasteiger charge is -1.95. The van der Waals surface area contributed by atoms with E-state index >= 15 is 0 Å². The van der Waals surface area contributed by atoms with E-state index in [1.54, 1.807) is 17.1 Å². The van der Waals surface area contributed by atoms with Gasteiger partial charge < -0.3 is 4.42 Å². The molecule has 0 aromatic carbocycles. The second-order valence-corrected chi connectivity index (χ2v) is 3.40. The van der Waals surface area contributed by atoms with Gasteiger partial charge in [0.25, 0.3) is 0 Å². The predicted octanol–water partition coefficient (Wildman–Crippen LogP) is 2.23. The fourth-order valence-corrected chi connectivity index (χ4v) is 1.57. The molecule has 3 aromatic heterocycles. The Kier molecular flexibility index (Phi) is 1.62. The molecule has 15 heavy (non-hydrogen) atoms. The first-order valence-electron chi connectivity index (χ1n) is 4.66. The second kappa shape index (κ2) is 2.95. The molecule has 74 valence electrons. The van der Waals surface area contributed by atoms with Gasteiger partial charge in [0, 0.05) is 24.9 Å². The van der Waals surface area contributed by atoms with E-state index in [-0.39, 0.29) is 0 Å². The number of aromatic nitrogens is 3. The summed E-state index contributed by atoms with van der Waals surface area (Å²) >= 11 is 0. The van der Waals surface area contributed by atoms with Crippen molar-refractivity contribution in [3.8, 4) is 11.3 Å². The molecular weight excluding hydrogens is 190 g/mol. The number of pyridine rings is 1. The zero-order valence-electron chi connectivity index (χ0n) is 8.21. The Morgan fingerprint density at radius 1 is 1.27 bits per heavy atom. The van der Waals surface area contributed by atoms with Crippen molar-refractivity contribution in [1.29, 1.82) is 0 Å². The van der Waals surface area contributed by atoms with Gasteiger partial charge in [0.1, 0.15) is 5.52 Å². The molecule has 0 spiro atoms. The van der Waals surface area contributed by atoms with Crippen molar-refractivity contribution >= 4 is 11.1 Å². The van der Waals surface area contributed by atoms with Gasteiger partial charge in [0.2, 0.25) is 0 Å². The minimum Gasteiger partial charge on any atom is -0.463 e. The van der Waals surface area contributed by atoms with E-state index in [2.05, 4.69) is 10.1 Å². The Labute approximate surface area is 86.2 Å². The van der Waals surface area contributed by atoms with E-state index < -0.39 is 0 Å². The van der Waals surface area contributed by atoms with Crippen LogP contribution in [0, 0.1) is 0 Å². The molecule has 0 saturated heterocycles. The molecule has 0 atom stereocenters. The van der Waals surface area contributed by atoms with E-state index in [4.69, 9.17) is 4.42 Å². The zero-order chi connectivity index (χ0) is 10.3. The van der Waals surface area contributed by atoms with E-state index in [1.807, 2.05) is 31.4 Å². The summed E-state index contributed by atoms with van der Waals surface area (Å²) in [6.45, 7) is 0. The molecule has 3 aromatic rings. The Hall–Kier alpha value is -2.10. The van der Waals surface area contributed by atoms with Crippen molar-refractivity contribution in [1.82, 2.24) is 14.8 Å². The first kappa shape index (κ1) is 8.23. The highest BCUT2D eigenvalue weighted by Gasteiger charge is 2.04. The van der Waals surface area contributed by atoms with Crippen LogP contribution < -0.4 is 0 Å². The zero-order valence-corrected chi connectivity index (χ0v) is 8.21. The van der Waals surface area contributed by atoms with Crippen LogP contribution in [-0.2, 0) is 7.05 Å². The maximum absolute atomic E-state index is 5.23. The van der Waals surface area contributed by atoms with Crippen LogP contribution in [0.25, 0.3) is 22.4 Å². The van der Waals surface area contributed by atoms with E-state index in [0.29, 0.717) is 0 Å². The fraction of sp³-hybridized carbons (Fsp3) is 0.0909. The molecule has 0 amide bonds. The highest BCUT2D eigenvalue weighted by molar-refractivity contribution is 5.76. The highest BCUT2D eigenvalue weighted by atomic mass is 16.3. The molecule has 0 aliphatic rings. The fourth-order valence-electron chi connectivity index (χ4n) is 1.57. The maximum atomic E-state index is 5.23. The second-order valence-electron chi connectivity index (χ2n) is 3.40. The van der Waals surface area contributed by atoms with Crippen molar-refractivity contribution in [2.45, 2.75) is 0 Å². The smallest absolute Gasteiger partial charge is 0.152 e. The van der Waals surface area contributed by atoms with Crippen LogP contribution >= 0.6 is 0 Å². The Bertz CT molecular complexity index is 609. The van der Waals surface area contributed by atoms with Crippen LogP contribution in [-0.4, -0.2) is 14.8 Å². The largest absolute Gasteiger partial charge is 0.463 e. The molecule has 0 aliphatic carbocycles. The monoisotopic (exact) mass is 199 g/mol. The lowest BCUT2D eigenvalue weighted by atomic mass is 10.2. The van der Waals surface area contributed by atoms with Gasteiger partial charge in [-0.2, -0.15) is 5.10 Å². The standard InChI is InChI=1S/C11H9N3O/c1-14-7-8(6-12-14)9-2-3-11-10(13-9)4-5-15-11/h2-7H,1H3.